The molecule has 1 aliphatic rings. The molecule has 1 unspecified atom stereocenters. The summed E-state index contributed by atoms with van der Waals surface area (Å²) in [5, 5.41) is 10.7. The van der Waals surface area contributed by atoms with Gasteiger partial charge in [0.25, 0.3) is 10.0 Å². The first-order valence-corrected chi connectivity index (χ1v) is 13.6. The highest BCUT2D eigenvalue weighted by Crippen LogP contribution is 2.31. The summed E-state index contributed by atoms with van der Waals surface area (Å²) in [4.78, 5) is 0.0191. The number of hydrogen-bond acceptors (Lipinski definition) is 8. The smallest absolute Gasteiger partial charge is 0.267 e. The zero-order chi connectivity index (χ0) is 25.7. The summed E-state index contributed by atoms with van der Waals surface area (Å²) in [6.45, 7) is 5.93. The fourth-order valence-corrected chi connectivity index (χ4v) is 4.94. The molecule has 1 atom stereocenters. The van der Waals surface area contributed by atoms with Crippen LogP contribution in [0.1, 0.15) is 29.5 Å². The fourth-order valence-electron chi connectivity index (χ4n) is 3.27. The quantitative estimate of drug-likeness (QED) is 0.409. The van der Waals surface area contributed by atoms with Gasteiger partial charge in [0.05, 0.1) is 16.4 Å². The minimum Gasteiger partial charge on any atom is -0.744 e. The van der Waals surface area contributed by atoms with Crippen molar-refractivity contribution in [3.05, 3.63) is 90.3 Å². The van der Waals surface area contributed by atoms with E-state index in [4.69, 9.17) is 9.47 Å². The molecule has 0 radical (unpaired) electrons. The normalized spacial score (nSPS) is 19.0. The number of nitrogens with zero attached hydrogens (tertiary/aromatic N) is 1. The minimum absolute atomic E-state index is 0.178. The van der Waals surface area contributed by atoms with Gasteiger partial charge in [0, 0.05) is 24.4 Å². The van der Waals surface area contributed by atoms with E-state index in [1.54, 1.807) is 49.1 Å². The second-order valence-electron chi connectivity index (χ2n) is 8.02. The number of rotatable bonds is 4. The zero-order valence-corrected chi connectivity index (χ0v) is 21.0. The molecule has 3 aromatic rings. The summed E-state index contributed by atoms with van der Waals surface area (Å²) < 4.78 is 68.3. The highest BCUT2D eigenvalue weighted by molar-refractivity contribution is 7.90. The van der Waals surface area contributed by atoms with Crippen LogP contribution in [0.25, 0.3) is 0 Å². The third-order valence-electron chi connectivity index (χ3n) is 5.29. The molecule has 9 nitrogen and oxygen atoms in total. The fraction of sp³-hybridized carbons (Fsp3) is 0.292. The number of aliphatic hydroxyl groups is 1. The van der Waals surface area contributed by atoms with E-state index in [1.807, 2.05) is 13.8 Å². The molecule has 188 valence electrons. The Labute approximate surface area is 205 Å². The molecule has 0 bridgehead atoms. The molecule has 1 aliphatic heterocycles. The maximum absolute atomic E-state index is 12.7. The molecule has 4 rings (SSSR count). The van der Waals surface area contributed by atoms with Crippen LogP contribution in [0.2, 0.25) is 0 Å². The lowest BCUT2D eigenvalue weighted by molar-refractivity contribution is -0.228. The van der Waals surface area contributed by atoms with Gasteiger partial charge in [0.15, 0.2) is 5.79 Å². The minimum atomic E-state index is -4.27. The molecule has 0 saturated carbocycles. The molecule has 11 heteroatoms. The first kappa shape index (κ1) is 26.9. The van der Waals surface area contributed by atoms with Crippen LogP contribution in [0, 0.1) is 20.5 Å². The van der Waals surface area contributed by atoms with Crippen molar-refractivity contribution in [2.75, 3.05) is 13.2 Å². The van der Waals surface area contributed by atoms with Crippen molar-refractivity contribution in [3.63, 3.8) is 0 Å². The molecule has 0 spiro atoms. The van der Waals surface area contributed by atoms with Crippen LogP contribution >= 0.6 is 0 Å². The number of hydrogen-bond donors (Lipinski definition) is 1. The summed E-state index contributed by atoms with van der Waals surface area (Å²) >= 11 is 0. The van der Waals surface area contributed by atoms with Gasteiger partial charge >= 0.3 is 0 Å². The Bertz CT molecular complexity index is 1320. The van der Waals surface area contributed by atoms with Crippen LogP contribution in [0.3, 0.4) is 0 Å². The Balaban J connectivity index is 0.000000261. The van der Waals surface area contributed by atoms with Gasteiger partial charge < -0.3 is 14.4 Å². The van der Waals surface area contributed by atoms with E-state index in [9.17, 15) is 26.5 Å². The molecule has 35 heavy (non-hydrogen) atoms. The summed E-state index contributed by atoms with van der Waals surface area (Å²) in [6.07, 6.45) is 3.62. The summed E-state index contributed by atoms with van der Waals surface area (Å²) in [5.74, 6) is -1.52. The van der Waals surface area contributed by atoms with Crippen molar-refractivity contribution in [2.24, 2.45) is 0 Å². The number of ether oxygens (including phenoxy) is 2. The summed E-state index contributed by atoms with van der Waals surface area (Å²) in [6, 6.07) is 14.0. The van der Waals surface area contributed by atoms with Crippen LogP contribution in [0.4, 0.5) is 0 Å². The largest absolute Gasteiger partial charge is 0.744 e. The van der Waals surface area contributed by atoms with Gasteiger partial charge in [-0.1, -0.05) is 35.4 Å². The Kier molecular flexibility index (Phi) is 8.42. The average molecular weight is 522 g/mol. The second-order valence-corrected chi connectivity index (χ2v) is 11.2. The molecule has 1 saturated heterocycles. The highest BCUT2D eigenvalue weighted by Gasteiger charge is 2.35. The Hall–Kier alpha value is -2.67. The molecule has 2 heterocycles. The molecule has 0 amide bonds. The van der Waals surface area contributed by atoms with Crippen LogP contribution in [0.5, 0.6) is 0 Å². The molecule has 1 aromatic heterocycles. The van der Waals surface area contributed by atoms with E-state index >= 15 is 0 Å². The molecule has 2 aromatic carbocycles. The Morgan fingerprint density at radius 1 is 0.914 bits per heavy atom. The van der Waals surface area contributed by atoms with Crippen molar-refractivity contribution in [3.8, 4) is 0 Å². The topological polar surface area (TPSA) is 135 Å². The molecular formula is C24H27NO8S2. The van der Waals surface area contributed by atoms with Crippen molar-refractivity contribution in [1.82, 2.24) is 3.97 Å². The Morgan fingerprint density at radius 3 is 2.06 bits per heavy atom. The van der Waals surface area contributed by atoms with E-state index in [1.165, 1.54) is 24.5 Å². The van der Waals surface area contributed by atoms with Gasteiger partial charge in [0.1, 0.15) is 23.1 Å². The van der Waals surface area contributed by atoms with Crippen molar-refractivity contribution in [1.29, 1.82) is 0 Å². The molecule has 0 aliphatic carbocycles. The van der Waals surface area contributed by atoms with Crippen LogP contribution < -0.4 is 0 Å². The van der Waals surface area contributed by atoms with E-state index in [0.717, 1.165) is 15.1 Å². The molecule has 1 fully saturated rings. The van der Waals surface area contributed by atoms with Crippen LogP contribution in [-0.4, -0.2) is 43.7 Å². The SMILES string of the molecule is Cc1ccc(S(=O)(=O)[O-])cc1.Cc1ccc(S(=O)(=O)n2ccc(C3(O)CC[CH+]OCCO3)c2)cc1. The number of aryl methyl sites for hydroxylation is 2. The van der Waals surface area contributed by atoms with Crippen molar-refractivity contribution in [2.45, 2.75) is 42.3 Å². The van der Waals surface area contributed by atoms with E-state index < -0.39 is 25.9 Å². The van der Waals surface area contributed by atoms with E-state index in [-0.39, 0.29) is 16.4 Å². The van der Waals surface area contributed by atoms with Gasteiger partial charge in [-0.05, 0) is 44.2 Å². The molecule has 1 N–H and O–H groups in total. The first-order valence-electron chi connectivity index (χ1n) is 10.7. The van der Waals surface area contributed by atoms with E-state index in [2.05, 4.69) is 0 Å². The predicted molar refractivity (Wildman–Crippen MR) is 127 cm³/mol. The zero-order valence-electron chi connectivity index (χ0n) is 19.3. The maximum Gasteiger partial charge on any atom is 0.267 e. The van der Waals surface area contributed by atoms with Crippen LogP contribution in [0.15, 0.2) is 76.8 Å². The summed E-state index contributed by atoms with van der Waals surface area (Å²) in [7, 11) is -7.97. The third kappa shape index (κ3) is 6.94. The van der Waals surface area contributed by atoms with Gasteiger partial charge in [-0.2, -0.15) is 4.74 Å². The van der Waals surface area contributed by atoms with Gasteiger partial charge in [-0.15, -0.1) is 0 Å². The third-order valence-corrected chi connectivity index (χ3v) is 7.79. The first-order chi connectivity index (χ1) is 16.4. The standard InChI is InChI=1S/C17H20NO5S.C7H8O3S/c1-14-3-5-16(6-4-14)24(20,21)18-9-7-15(13-18)17(19)8-2-10-22-11-12-23-17;1-6-2-4-7(5-3-6)11(8,9)10/h3-7,9-10,13,19H,2,8,11-12H2,1H3;2-5H,1H3,(H,8,9,10)/q+1;/p-1. The van der Waals surface area contributed by atoms with Crippen molar-refractivity contribution < 1.29 is 36.0 Å². The van der Waals surface area contributed by atoms with Crippen molar-refractivity contribution >= 4 is 20.1 Å². The Morgan fingerprint density at radius 2 is 1.49 bits per heavy atom. The lowest BCUT2D eigenvalue weighted by atomic mass is 10.0. The van der Waals surface area contributed by atoms with Gasteiger partial charge in [0.2, 0.25) is 6.61 Å². The monoisotopic (exact) mass is 521 g/mol. The number of benzene rings is 2. The highest BCUT2D eigenvalue weighted by atomic mass is 32.2. The lowest BCUT2D eigenvalue weighted by Crippen LogP contribution is -2.32. The van der Waals surface area contributed by atoms with Gasteiger partial charge in [-0.3, -0.25) is 0 Å². The van der Waals surface area contributed by atoms with Crippen LogP contribution in [-0.2, 0) is 35.4 Å². The molecular weight excluding hydrogens is 494 g/mol. The average Bonchev–Trinajstić information content (AvgIpc) is 3.29. The van der Waals surface area contributed by atoms with E-state index in [0.29, 0.717) is 25.0 Å². The summed E-state index contributed by atoms with van der Waals surface area (Å²) in [5.41, 5.74) is 2.32. The van der Waals surface area contributed by atoms with Gasteiger partial charge in [-0.25, -0.2) is 20.8 Å². The lowest BCUT2D eigenvalue weighted by Gasteiger charge is -2.27. The second kappa shape index (κ2) is 10.9. The number of aromatic nitrogens is 1. The maximum atomic E-state index is 12.7. The predicted octanol–water partition coefficient (Wildman–Crippen LogP) is 3.07.